The molecule has 2 rings (SSSR count). The zero-order valence-electron chi connectivity index (χ0n) is 7.31. The van der Waals surface area contributed by atoms with Gasteiger partial charge in [0.2, 0.25) is 0 Å². The molecule has 14 heavy (non-hydrogen) atoms. The molecule has 0 saturated heterocycles. The van der Waals surface area contributed by atoms with E-state index in [0.29, 0.717) is 10.4 Å². The van der Waals surface area contributed by atoms with Crippen LogP contribution in [0.1, 0.15) is 5.56 Å². The van der Waals surface area contributed by atoms with Gasteiger partial charge in [-0.15, -0.1) is 0 Å². The maximum Gasteiger partial charge on any atom is 0.337 e. The van der Waals surface area contributed by atoms with Crippen LogP contribution in [0.15, 0.2) is 21.9 Å². The van der Waals surface area contributed by atoms with Crippen molar-refractivity contribution in [2.45, 2.75) is 6.92 Å². The van der Waals surface area contributed by atoms with Crippen LogP contribution in [0, 0.1) is 6.92 Å². The molecule has 2 heterocycles. The quantitative estimate of drug-likeness (QED) is 0.439. The largest absolute Gasteiger partial charge is 0.427 e. The van der Waals surface area contributed by atoms with Crippen LogP contribution in [0.3, 0.4) is 0 Å². The van der Waals surface area contributed by atoms with Gasteiger partial charge in [-0.25, -0.2) is 0 Å². The number of pyridine rings is 1. The van der Waals surface area contributed by atoms with Crippen LogP contribution >= 0.6 is 0 Å². The summed E-state index contributed by atoms with van der Waals surface area (Å²) in [4.78, 5) is 27.6. The van der Waals surface area contributed by atoms with Gasteiger partial charge in [0.15, 0.2) is 5.82 Å². The monoisotopic (exact) mass is 193 g/mol. The molecule has 0 aliphatic carbocycles. The highest BCUT2D eigenvalue weighted by Gasteiger charge is 2.11. The molecule has 0 radical (unpaired) electrons. The molecule has 0 saturated carbocycles. The highest BCUT2D eigenvalue weighted by atomic mass is 16.5. The number of nitrogens with one attached hydrogen (secondary N) is 1. The maximum absolute atomic E-state index is 10.9. The van der Waals surface area contributed by atoms with E-state index < -0.39 is 11.1 Å². The Hall–Kier alpha value is -2.11. The van der Waals surface area contributed by atoms with Gasteiger partial charge in [-0.2, -0.15) is 9.71 Å². The molecule has 72 valence electrons. The van der Waals surface area contributed by atoms with Crippen molar-refractivity contribution in [3.8, 4) is 11.5 Å². The fourth-order valence-corrected chi connectivity index (χ4v) is 1.23. The van der Waals surface area contributed by atoms with Crippen LogP contribution in [0.2, 0.25) is 0 Å². The molecule has 2 aliphatic heterocycles. The Morgan fingerprint density at radius 3 is 2.93 bits per heavy atom. The number of hydrogen-bond donors (Lipinski definition) is 2. The molecule has 0 spiro atoms. The minimum absolute atomic E-state index is 0.0419. The number of nitrogens with zero attached hydrogens (tertiary/aromatic N) is 2. The summed E-state index contributed by atoms with van der Waals surface area (Å²) in [6, 6.07) is 1.62. The Bertz CT molecular complexity index is 569. The molecular weight excluding hydrogens is 186 g/mol. The van der Waals surface area contributed by atoms with E-state index in [1.54, 1.807) is 13.0 Å². The van der Waals surface area contributed by atoms with E-state index in [9.17, 15) is 14.8 Å². The maximum atomic E-state index is 10.9. The van der Waals surface area contributed by atoms with Crippen molar-refractivity contribution in [3.05, 3.63) is 38.5 Å². The lowest BCUT2D eigenvalue weighted by molar-refractivity contribution is 0.185. The molecule has 2 aliphatic rings. The van der Waals surface area contributed by atoms with Crippen molar-refractivity contribution in [1.29, 1.82) is 0 Å². The molecule has 0 aromatic carbocycles. The van der Waals surface area contributed by atoms with Crippen molar-refractivity contribution in [3.63, 3.8) is 0 Å². The second-order valence-electron chi connectivity index (χ2n) is 2.97. The van der Waals surface area contributed by atoms with Crippen LogP contribution in [0.5, 0.6) is 0 Å². The third kappa shape index (κ3) is 1.17. The van der Waals surface area contributed by atoms with Gasteiger partial charge in [0.1, 0.15) is 0 Å². The highest BCUT2D eigenvalue weighted by Crippen LogP contribution is 2.13. The van der Waals surface area contributed by atoms with E-state index in [1.165, 1.54) is 6.20 Å². The summed E-state index contributed by atoms with van der Waals surface area (Å²) in [5, 5.41) is 9.36. The second kappa shape index (κ2) is 2.69. The molecule has 0 aromatic rings. The summed E-state index contributed by atoms with van der Waals surface area (Å²) >= 11 is 0. The molecule has 0 aromatic heterocycles. The van der Waals surface area contributed by atoms with Crippen molar-refractivity contribution in [1.82, 2.24) is 14.7 Å². The van der Waals surface area contributed by atoms with Gasteiger partial charge in [-0.05, 0) is 18.6 Å². The normalized spacial score (nSPS) is 10.6. The number of aromatic nitrogens is 3. The fourth-order valence-electron chi connectivity index (χ4n) is 1.23. The highest BCUT2D eigenvalue weighted by molar-refractivity contribution is 5.51. The van der Waals surface area contributed by atoms with E-state index in [-0.39, 0.29) is 5.82 Å². The summed E-state index contributed by atoms with van der Waals surface area (Å²) < 4.78 is 0.710. The van der Waals surface area contributed by atoms with E-state index in [4.69, 9.17) is 0 Å². The number of fused-ring (bicyclic) bond motifs is 1. The van der Waals surface area contributed by atoms with E-state index >= 15 is 0 Å². The Balaban J connectivity index is 2.96. The summed E-state index contributed by atoms with van der Waals surface area (Å²) in [6.45, 7) is 1.75. The Morgan fingerprint density at radius 2 is 2.21 bits per heavy atom. The molecular formula is C8H7N3O3. The summed E-state index contributed by atoms with van der Waals surface area (Å²) in [6.07, 6.45) is 1.40. The predicted molar refractivity (Wildman–Crippen MR) is 47.7 cm³/mol. The molecule has 6 heteroatoms. The van der Waals surface area contributed by atoms with Crippen molar-refractivity contribution in [2.24, 2.45) is 0 Å². The topological polar surface area (TPSA) is 88.0 Å². The minimum atomic E-state index is -0.913. The molecule has 0 amide bonds. The molecule has 2 N–H and O–H groups in total. The predicted octanol–water partition coefficient (Wildman–Crippen LogP) is -0.418. The van der Waals surface area contributed by atoms with Gasteiger partial charge < -0.3 is 10.2 Å². The van der Waals surface area contributed by atoms with E-state index in [0.717, 1.165) is 5.56 Å². The fraction of sp³-hybridized carbons (Fsp3) is 0.125. The Kier molecular flexibility index (Phi) is 1.63. The lowest BCUT2D eigenvalue weighted by Crippen LogP contribution is -2.31. The van der Waals surface area contributed by atoms with Crippen molar-refractivity contribution in [2.75, 3.05) is 0 Å². The van der Waals surface area contributed by atoms with Crippen molar-refractivity contribution >= 4 is 0 Å². The van der Waals surface area contributed by atoms with E-state index in [2.05, 4.69) is 9.97 Å². The Labute approximate surface area is 77.8 Å². The lowest BCUT2D eigenvalue weighted by atomic mass is 10.2. The minimum Gasteiger partial charge on any atom is -0.427 e. The van der Waals surface area contributed by atoms with Crippen molar-refractivity contribution < 1.29 is 5.21 Å². The number of aromatic amines is 1. The zero-order valence-corrected chi connectivity index (χ0v) is 7.31. The molecule has 0 bridgehead atoms. The van der Waals surface area contributed by atoms with Gasteiger partial charge >= 0.3 is 11.1 Å². The van der Waals surface area contributed by atoms with Gasteiger partial charge in [-0.1, -0.05) is 0 Å². The summed E-state index contributed by atoms with van der Waals surface area (Å²) in [5.41, 5.74) is -0.625. The standard InChI is InChI=1S/C8H7N3O3/c1-4-2-5-6(11(14)3-4)10-8(13)7(12)9-5/h2-3,14H,1H3,(H,9,12). The van der Waals surface area contributed by atoms with Crippen LogP contribution in [-0.2, 0) is 0 Å². The molecule has 6 nitrogen and oxygen atoms in total. The number of aryl methyl sites for hydroxylation is 1. The Morgan fingerprint density at radius 1 is 1.50 bits per heavy atom. The van der Waals surface area contributed by atoms with Gasteiger partial charge in [0.25, 0.3) is 0 Å². The van der Waals surface area contributed by atoms with Crippen LogP contribution in [0.25, 0.3) is 11.5 Å². The first-order chi connectivity index (χ1) is 6.58. The number of H-pyrrole nitrogens is 1. The molecule has 0 unspecified atom stereocenters. The molecule has 0 fully saturated rings. The number of rotatable bonds is 0. The first kappa shape index (κ1) is 8.49. The smallest absolute Gasteiger partial charge is 0.337 e. The van der Waals surface area contributed by atoms with Gasteiger partial charge in [0, 0.05) is 6.20 Å². The van der Waals surface area contributed by atoms with E-state index in [1.807, 2.05) is 0 Å². The van der Waals surface area contributed by atoms with Crippen LogP contribution in [0.4, 0.5) is 0 Å². The first-order valence-electron chi connectivity index (χ1n) is 3.90. The third-order valence-electron chi connectivity index (χ3n) is 1.81. The third-order valence-corrected chi connectivity index (χ3v) is 1.81. The lowest BCUT2D eigenvalue weighted by Gasteiger charge is -2.08. The zero-order chi connectivity index (χ0) is 10.3. The van der Waals surface area contributed by atoms with Gasteiger partial charge in [0.05, 0.1) is 5.69 Å². The number of hydrogen-bond acceptors (Lipinski definition) is 4. The first-order valence-corrected chi connectivity index (χ1v) is 3.90. The average molecular weight is 193 g/mol. The van der Waals surface area contributed by atoms with Crippen LogP contribution < -0.4 is 11.1 Å². The SMILES string of the molecule is Cc1cc2[nH]c(=O)c(=O)nc-2n(O)c1. The van der Waals surface area contributed by atoms with Crippen LogP contribution in [-0.4, -0.2) is 19.9 Å². The summed E-state index contributed by atoms with van der Waals surface area (Å²) in [5.74, 6) is 0.0419. The summed E-state index contributed by atoms with van der Waals surface area (Å²) in [7, 11) is 0. The van der Waals surface area contributed by atoms with Gasteiger partial charge in [-0.3, -0.25) is 9.59 Å². The average Bonchev–Trinajstić information content (AvgIpc) is 2.08. The molecule has 0 atom stereocenters. The second-order valence-corrected chi connectivity index (χ2v) is 2.97.